The molecule has 0 radical (unpaired) electrons. The molecule has 104 valence electrons. The Bertz CT molecular complexity index is 601. The van der Waals surface area contributed by atoms with Crippen LogP contribution in [0.25, 0.3) is 0 Å². The summed E-state index contributed by atoms with van der Waals surface area (Å²) in [5.74, 6) is -0.365. The van der Waals surface area contributed by atoms with Crippen LogP contribution in [0.15, 0.2) is 42.5 Å². The van der Waals surface area contributed by atoms with E-state index >= 15 is 0 Å². The van der Waals surface area contributed by atoms with E-state index < -0.39 is 0 Å². The van der Waals surface area contributed by atoms with E-state index in [-0.39, 0.29) is 16.9 Å². The van der Waals surface area contributed by atoms with E-state index in [1.54, 1.807) is 12.1 Å². The molecule has 0 saturated heterocycles. The van der Waals surface area contributed by atoms with Gasteiger partial charge in [0.1, 0.15) is 5.82 Å². The van der Waals surface area contributed by atoms with Crippen molar-refractivity contribution in [3.05, 3.63) is 70.0 Å². The Hall–Kier alpha value is -1.38. The molecule has 0 saturated carbocycles. The van der Waals surface area contributed by atoms with Gasteiger partial charge in [0, 0.05) is 12.1 Å². The van der Waals surface area contributed by atoms with Gasteiger partial charge in [-0.25, -0.2) is 4.39 Å². The van der Waals surface area contributed by atoms with Crippen LogP contribution < -0.4 is 5.32 Å². The molecule has 0 heterocycles. The third-order valence-electron chi connectivity index (χ3n) is 3.98. The van der Waals surface area contributed by atoms with Crippen molar-refractivity contribution >= 4 is 11.6 Å². The second-order valence-electron chi connectivity index (χ2n) is 5.44. The molecule has 3 heteroatoms. The van der Waals surface area contributed by atoms with E-state index in [1.165, 1.54) is 17.2 Å². The first-order valence-corrected chi connectivity index (χ1v) is 7.29. The lowest BCUT2D eigenvalue weighted by Crippen LogP contribution is -2.32. The fraction of sp³-hybridized carbons (Fsp3) is 0.294. The summed E-state index contributed by atoms with van der Waals surface area (Å²) in [6, 6.07) is 14.1. The van der Waals surface area contributed by atoms with E-state index in [1.807, 2.05) is 0 Å². The largest absolute Gasteiger partial charge is 0.307 e. The van der Waals surface area contributed by atoms with E-state index in [0.29, 0.717) is 6.04 Å². The Kier molecular flexibility index (Phi) is 3.77. The third-order valence-corrected chi connectivity index (χ3v) is 4.27. The second-order valence-corrected chi connectivity index (χ2v) is 5.84. The summed E-state index contributed by atoms with van der Waals surface area (Å²) < 4.78 is 13.2. The zero-order valence-electron chi connectivity index (χ0n) is 11.4. The van der Waals surface area contributed by atoms with Crippen molar-refractivity contribution in [3.63, 3.8) is 0 Å². The quantitative estimate of drug-likeness (QED) is 0.888. The van der Waals surface area contributed by atoms with Crippen molar-refractivity contribution in [2.75, 3.05) is 0 Å². The fourth-order valence-electron chi connectivity index (χ4n) is 2.91. The van der Waals surface area contributed by atoms with Crippen LogP contribution in [-0.2, 0) is 12.8 Å². The molecule has 1 N–H and O–H groups in total. The highest BCUT2D eigenvalue weighted by molar-refractivity contribution is 6.30. The minimum atomic E-state index is -0.365. The zero-order chi connectivity index (χ0) is 14.1. The highest BCUT2D eigenvalue weighted by Gasteiger charge is 2.22. The van der Waals surface area contributed by atoms with Crippen LogP contribution in [0.4, 0.5) is 4.39 Å². The van der Waals surface area contributed by atoms with Crippen LogP contribution in [-0.4, -0.2) is 6.04 Å². The van der Waals surface area contributed by atoms with Crippen molar-refractivity contribution in [1.29, 1.82) is 0 Å². The highest BCUT2D eigenvalue weighted by Crippen LogP contribution is 2.25. The van der Waals surface area contributed by atoms with Gasteiger partial charge in [0.2, 0.25) is 0 Å². The number of hydrogen-bond acceptors (Lipinski definition) is 1. The maximum atomic E-state index is 13.2. The number of fused-ring (bicyclic) bond motifs is 1. The molecule has 3 rings (SSSR count). The molecule has 1 unspecified atom stereocenters. The summed E-state index contributed by atoms with van der Waals surface area (Å²) in [7, 11) is 0. The maximum Gasteiger partial charge on any atom is 0.141 e. The summed E-state index contributed by atoms with van der Waals surface area (Å²) in [6.07, 6.45) is 2.10. The standard InChI is InChI=1S/C17H17ClFN/c1-11(12-6-7-17(19)16(18)10-12)20-15-8-13-4-2-3-5-14(13)9-15/h2-7,10-11,15,20H,8-9H2,1H3. The van der Waals surface area contributed by atoms with Crippen LogP contribution in [0.5, 0.6) is 0 Å². The minimum absolute atomic E-state index is 0.160. The van der Waals surface area contributed by atoms with Crippen molar-refractivity contribution in [2.24, 2.45) is 0 Å². The molecule has 0 bridgehead atoms. The van der Waals surface area contributed by atoms with Gasteiger partial charge < -0.3 is 5.32 Å². The molecule has 0 aromatic heterocycles. The molecule has 2 aromatic carbocycles. The van der Waals surface area contributed by atoms with E-state index in [0.717, 1.165) is 18.4 Å². The molecular formula is C17H17ClFN. The first kappa shape index (κ1) is 13.6. The van der Waals surface area contributed by atoms with Gasteiger partial charge in [-0.05, 0) is 48.6 Å². The average Bonchev–Trinajstić information content (AvgIpc) is 2.83. The second kappa shape index (κ2) is 5.55. The smallest absolute Gasteiger partial charge is 0.141 e. The van der Waals surface area contributed by atoms with Gasteiger partial charge in [-0.1, -0.05) is 41.9 Å². The molecule has 0 aliphatic heterocycles. The normalized spacial score (nSPS) is 16.1. The van der Waals surface area contributed by atoms with Gasteiger partial charge in [-0.3, -0.25) is 0 Å². The zero-order valence-corrected chi connectivity index (χ0v) is 12.1. The van der Waals surface area contributed by atoms with Gasteiger partial charge in [0.25, 0.3) is 0 Å². The monoisotopic (exact) mass is 289 g/mol. The van der Waals surface area contributed by atoms with Gasteiger partial charge >= 0.3 is 0 Å². The van der Waals surface area contributed by atoms with Crippen molar-refractivity contribution < 1.29 is 4.39 Å². The van der Waals surface area contributed by atoms with Gasteiger partial charge in [0.05, 0.1) is 5.02 Å². The number of hydrogen-bond donors (Lipinski definition) is 1. The molecule has 1 aliphatic carbocycles. The molecule has 0 spiro atoms. The van der Waals surface area contributed by atoms with E-state index in [4.69, 9.17) is 11.6 Å². The predicted molar refractivity (Wildman–Crippen MR) is 80.6 cm³/mol. The Morgan fingerprint density at radius 3 is 2.40 bits per heavy atom. The first-order chi connectivity index (χ1) is 9.63. The van der Waals surface area contributed by atoms with Crippen molar-refractivity contribution in [2.45, 2.75) is 31.8 Å². The first-order valence-electron chi connectivity index (χ1n) is 6.91. The van der Waals surface area contributed by atoms with Gasteiger partial charge in [-0.2, -0.15) is 0 Å². The number of rotatable bonds is 3. The summed E-state index contributed by atoms with van der Waals surface area (Å²) in [5.41, 5.74) is 3.87. The average molecular weight is 290 g/mol. The molecular weight excluding hydrogens is 273 g/mol. The SMILES string of the molecule is CC(NC1Cc2ccccc2C1)c1ccc(F)c(Cl)c1. The van der Waals surface area contributed by atoms with Crippen LogP contribution in [0.3, 0.4) is 0 Å². The molecule has 1 atom stereocenters. The number of benzene rings is 2. The third kappa shape index (κ3) is 2.72. The Balaban J connectivity index is 1.68. The molecule has 0 fully saturated rings. The Labute approximate surface area is 123 Å². The van der Waals surface area contributed by atoms with Crippen LogP contribution in [0.2, 0.25) is 5.02 Å². The lowest BCUT2D eigenvalue weighted by atomic mass is 10.1. The van der Waals surface area contributed by atoms with Crippen molar-refractivity contribution in [1.82, 2.24) is 5.32 Å². The summed E-state index contributed by atoms with van der Waals surface area (Å²) in [6.45, 7) is 2.09. The van der Waals surface area contributed by atoms with Crippen molar-refractivity contribution in [3.8, 4) is 0 Å². The predicted octanol–water partition coefficient (Wildman–Crippen LogP) is 4.30. The summed E-state index contributed by atoms with van der Waals surface area (Å²) in [5, 5.41) is 3.79. The van der Waals surface area contributed by atoms with Crippen LogP contribution >= 0.6 is 11.6 Å². The topological polar surface area (TPSA) is 12.0 Å². The lowest BCUT2D eigenvalue weighted by Gasteiger charge is -2.20. The molecule has 0 amide bonds. The fourth-order valence-corrected chi connectivity index (χ4v) is 3.10. The lowest BCUT2D eigenvalue weighted by molar-refractivity contribution is 0.467. The van der Waals surface area contributed by atoms with E-state index in [2.05, 4.69) is 36.5 Å². The molecule has 1 nitrogen and oxygen atoms in total. The summed E-state index contributed by atoms with van der Waals surface area (Å²) >= 11 is 5.84. The maximum absolute atomic E-state index is 13.2. The van der Waals surface area contributed by atoms with Gasteiger partial charge in [-0.15, -0.1) is 0 Å². The van der Waals surface area contributed by atoms with E-state index in [9.17, 15) is 4.39 Å². The molecule has 20 heavy (non-hydrogen) atoms. The number of nitrogens with one attached hydrogen (secondary N) is 1. The highest BCUT2D eigenvalue weighted by atomic mass is 35.5. The molecule has 1 aliphatic rings. The Morgan fingerprint density at radius 1 is 1.15 bits per heavy atom. The Morgan fingerprint density at radius 2 is 1.80 bits per heavy atom. The molecule has 2 aromatic rings. The number of halogens is 2. The van der Waals surface area contributed by atoms with Gasteiger partial charge in [0.15, 0.2) is 0 Å². The summed E-state index contributed by atoms with van der Waals surface area (Å²) in [4.78, 5) is 0. The minimum Gasteiger partial charge on any atom is -0.307 e. The van der Waals surface area contributed by atoms with Crippen LogP contribution in [0.1, 0.15) is 29.7 Å². The van der Waals surface area contributed by atoms with Crippen LogP contribution in [0, 0.1) is 5.82 Å².